The molecule has 2 saturated heterocycles. The molecule has 3 heteroatoms. The molecule has 3 nitrogen and oxygen atoms in total. The molecular formula is C16H31N3. The Morgan fingerprint density at radius 1 is 1.21 bits per heavy atom. The lowest BCUT2D eigenvalue weighted by Gasteiger charge is -2.37. The van der Waals surface area contributed by atoms with Crippen LogP contribution in [-0.4, -0.2) is 60.6 Å². The van der Waals surface area contributed by atoms with Crippen LogP contribution in [-0.2, 0) is 0 Å². The van der Waals surface area contributed by atoms with E-state index in [9.17, 15) is 0 Å². The van der Waals surface area contributed by atoms with E-state index in [-0.39, 0.29) is 0 Å². The van der Waals surface area contributed by atoms with Gasteiger partial charge in [0.25, 0.3) is 0 Å². The smallest absolute Gasteiger partial charge is 0.0238 e. The maximum Gasteiger partial charge on any atom is 0.0238 e. The fraction of sp³-hybridized carbons (Fsp3) is 1.00. The van der Waals surface area contributed by atoms with E-state index in [2.05, 4.69) is 29.0 Å². The minimum atomic E-state index is 0.700. The van der Waals surface area contributed by atoms with Crippen LogP contribution in [0.1, 0.15) is 46.0 Å². The molecule has 0 radical (unpaired) electrons. The first-order valence-corrected chi connectivity index (χ1v) is 8.44. The largest absolute Gasteiger partial charge is 0.316 e. The molecule has 3 rings (SSSR count). The van der Waals surface area contributed by atoms with Gasteiger partial charge in [-0.1, -0.05) is 0 Å². The Balaban J connectivity index is 1.54. The number of hydrogen-bond donors (Lipinski definition) is 1. The van der Waals surface area contributed by atoms with E-state index in [0.717, 1.165) is 18.0 Å². The summed E-state index contributed by atoms with van der Waals surface area (Å²) in [6.07, 6.45) is 7.11. The Hall–Kier alpha value is -0.120. The average Bonchev–Trinajstić information content (AvgIpc) is 3.16. The molecule has 2 aliphatic heterocycles. The number of nitrogens with zero attached hydrogens (tertiary/aromatic N) is 2. The second-order valence-corrected chi connectivity index (χ2v) is 7.17. The molecule has 2 unspecified atom stereocenters. The van der Waals surface area contributed by atoms with Crippen LogP contribution in [0.3, 0.4) is 0 Å². The molecule has 1 aliphatic carbocycles. The zero-order valence-electron chi connectivity index (χ0n) is 12.8. The normalized spacial score (nSPS) is 33.5. The third-order valence-corrected chi connectivity index (χ3v) is 5.26. The van der Waals surface area contributed by atoms with E-state index in [1.807, 2.05) is 0 Å². The fourth-order valence-corrected chi connectivity index (χ4v) is 3.97. The SMILES string of the molecule is CC(C)N(CC1CCCNC1)C1CCN(C2CC2)C1. The van der Waals surface area contributed by atoms with Crippen LogP contribution in [0.2, 0.25) is 0 Å². The lowest BCUT2D eigenvalue weighted by molar-refractivity contribution is 0.118. The second kappa shape index (κ2) is 6.11. The predicted molar refractivity (Wildman–Crippen MR) is 80.4 cm³/mol. The van der Waals surface area contributed by atoms with Gasteiger partial charge in [-0.25, -0.2) is 0 Å². The van der Waals surface area contributed by atoms with Crippen molar-refractivity contribution in [3.8, 4) is 0 Å². The van der Waals surface area contributed by atoms with Crippen LogP contribution < -0.4 is 5.32 Å². The van der Waals surface area contributed by atoms with Gasteiger partial charge >= 0.3 is 0 Å². The number of nitrogens with one attached hydrogen (secondary N) is 1. The summed E-state index contributed by atoms with van der Waals surface area (Å²) < 4.78 is 0. The van der Waals surface area contributed by atoms with Crippen molar-refractivity contribution < 1.29 is 0 Å². The van der Waals surface area contributed by atoms with Crippen LogP contribution in [0.4, 0.5) is 0 Å². The highest BCUT2D eigenvalue weighted by Gasteiger charge is 2.37. The Kier molecular flexibility index (Phi) is 4.45. The van der Waals surface area contributed by atoms with E-state index in [1.165, 1.54) is 64.8 Å². The molecular weight excluding hydrogens is 234 g/mol. The van der Waals surface area contributed by atoms with Crippen molar-refractivity contribution in [3.63, 3.8) is 0 Å². The van der Waals surface area contributed by atoms with Crippen molar-refractivity contribution >= 4 is 0 Å². The van der Waals surface area contributed by atoms with E-state index in [4.69, 9.17) is 0 Å². The van der Waals surface area contributed by atoms with Crippen molar-refractivity contribution in [1.82, 2.24) is 15.1 Å². The summed E-state index contributed by atoms with van der Waals surface area (Å²) in [6.45, 7) is 11.2. The third-order valence-electron chi connectivity index (χ3n) is 5.26. The summed E-state index contributed by atoms with van der Waals surface area (Å²) in [5.74, 6) is 0.881. The number of rotatable bonds is 5. The van der Waals surface area contributed by atoms with Crippen molar-refractivity contribution in [1.29, 1.82) is 0 Å². The zero-order valence-corrected chi connectivity index (χ0v) is 12.8. The van der Waals surface area contributed by atoms with Gasteiger partial charge in [0, 0.05) is 37.8 Å². The Morgan fingerprint density at radius 2 is 2.05 bits per heavy atom. The first-order chi connectivity index (χ1) is 9.24. The molecule has 1 saturated carbocycles. The summed E-state index contributed by atoms with van der Waals surface area (Å²) >= 11 is 0. The number of likely N-dealkylation sites (tertiary alicyclic amines) is 1. The van der Waals surface area contributed by atoms with E-state index < -0.39 is 0 Å². The summed E-state index contributed by atoms with van der Waals surface area (Å²) in [5, 5.41) is 3.57. The molecule has 2 heterocycles. The van der Waals surface area contributed by atoms with Crippen LogP contribution in [0, 0.1) is 5.92 Å². The van der Waals surface area contributed by atoms with Gasteiger partial charge in [-0.05, 0) is 65.0 Å². The van der Waals surface area contributed by atoms with E-state index in [0.29, 0.717) is 6.04 Å². The first kappa shape index (κ1) is 13.8. The van der Waals surface area contributed by atoms with Crippen LogP contribution >= 0.6 is 0 Å². The van der Waals surface area contributed by atoms with Crippen molar-refractivity contribution in [2.45, 2.75) is 64.1 Å². The highest BCUT2D eigenvalue weighted by molar-refractivity contribution is 4.94. The zero-order chi connectivity index (χ0) is 13.2. The highest BCUT2D eigenvalue weighted by Crippen LogP contribution is 2.32. The quantitative estimate of drug-likeness (QED) is 0.819. The predicted octanol–water partition coefficient (Wildman–Crippen LogP) is 1.93. The molecule has 0 bridgehead atoms. The number of hydrogen-bond acceptors (Lipinski definition) is 3. The average molecular weight is 265 g/mol. The van der Waals surface area contributed by atoms with Gasteiger partial charge in [0.15, 0.2) is 0 Å². The lowest BCUT2D eigenvalue weighted by Crippen LogP contribution is -2.47. The number of piperidine rings is 1. The minimum Gasteiger partial charge on any atom is -0.316 e. The highest BCUT2D eigenvalue weighted by atomic mass is 15.3. The Labute approximate surface area is 118 Å². The monoisotopic (exact) mass is 265 g/mol. The summed E-state index contributed by atoms with van der Waals surface area (Å²) in [4.78, 5) is 5.55. The second-order valence-electron chi connectivity index (χ2n) is 7.17. The molecule has 3 aliphatic rings. The molecule has 110 valence electrons. The molecule has 0 spiro atoms. The molecule has 19 heavy (non-hydrogen) atoms. The van der Waals surface area contributed by atoms with Gasteiger partial charge in [0.1, 0.15) is 0 Å². The van der Waals surface area contributed by atoms with Gasteiger partial charge in [-0.3, -0.25) is 9.80 Å². The molecule has 0 aromatic carbocycles. The van der Waals surface area contributed by atoms with Crippen LogP contribution in [0.5, 0.6) is 0 Å². The third kappa shape index (κ3) is 3.50. The van der Waals surface area contributed by atoms with Crippen LogP contribution in [0.15, 0.2) is 0 Å². The van der Waals surface area contributed by atoms with Crippen molar-refractivity contribution in [2.24, 2.45) is 5.92 Å². The topological polar surface area (TPSA) is 18.5 Å². The summed E-state index contributed by atoms with van der Waals surface area (Å²) in [7, 11) is 0. The molecule has 1 N–H and O–H groups in total. The molecule has 2 atom stereocenters. The van der Waals surface area contributed by atoms with Gasteiger partial charge in [-0.15, -0.1) is 0 Å². The van der Waals surface area contributed by atoms with Crippen molar-refractivity contribution in [2.75, 3.05) is 32.7 Å². The molecule has 0 aromatic rings. The fourth-order valence-electron chi connectivity index (χ4n) is 3.97. The van der Waals surface area contributed by atoms with Gasteiger partial charge in [-0.2, -0.15) is 0 Å². The molecule has 0 amide bonds. The van der Waals surface area contributed by atoms with E-state index >= 15 is 0 Å². The molecule has 0 aromatic heterocycles. The summed E-state index contributed by atoms with van der Waals surface area (Å²) in [5.41, 5.74) is 0. The standard InChI is InChI=1S/C16H31N3/c1-13(2)19(11-14-4-3-8-17-10-14)16-7-9-18(12-16)15-5-6-15/h13-17H,3-12H2,1-2H3. The Morgan fingerprint density at radius 3 is 2.68 bits per heavy atom. The maximum absolute atomic E-state index is 3.57. The minimum absolute atomic E-state index is 0.700. The van der Waals surface area contributed by atoms with E-state index in [1.54, 1.807) is 0 Å². The lowest BCUT2D eigenvalue weighted by atomic mass is 9.97. The van der Waals surface area contributed by atoms with Gasteiger partial charge in [0.2, 0.25) is 0 Å². The Bertz CT molecular complexity index is 282. The van der Waals surface area contributed by atoms with Crippen molar-refractivity contribution in [3.05, 3.63) is 0 Å². The van der Waals surface area contributed by atoms with Gasteiger partial charge in [0.05, 0.1) is 0 Å². The molecule has 3 fully saturated rings. The van der Waals surface area contributed by atoms with Crippen LogP contribution in [0.25, 0.3) is 0 Å². The summed E-state index contributed by atoms with van der Waals surface area (Å²) in [6, 6.07) is 2.48. The van der Waals surface area contributed by atoms with Gasteiger partial charge < -0.3 is 5.32 Å². The first-order valence-electron chi connectivity index (χ1n) is 8.44. The maximum atomic E-state index is 3.57.